The number of hydrogen-bond acceptors (Lipinski definition) is 5. The van der Waals surface area contributed by atoms with Crippen LogP contribution in [0, 0.1) is 0 Å². The van der Waals surface area contributed by atoms with Crippen LogP contribution in [0.1, 0.15) is 24.5 Å². The van der Waals surface area contributed by atoms with Crippen LogP contribution in [0.2, 0.25) is 0 Å². The van der Waals surface area contributed by atoms with Gasteiger partial charge in [-0.25, -0.2) is 13.1 Å². The number of hydrogen-bond donors (Lipinski definition) is 2. The van der Waals surface area contributed by atoms with Crippen molar-refractivity contribution in [3.05, 3.63) is 59.7 Å². The molecule has 0 amide bonds. The van der Waals surface area contributed by atoms with Crippen molar-refractivity contribution in [2.45, 2.75) is 32.4 Å². The van der Waals surface area contributed by atoms with Crippen LogP contribution < -0.4 is 19.5 Å². The van der Waals surface area contributed by atoms with Crippen molar-refractivity contribution in [1.82, 2.24) is 10.0 Å². The molecule has 0 saturated carbocycles. The quantitative estimate of drug-likeness (QED) is 0.530. The van der Waals surface area contributed by atoms with Gasteiger partial charge in [-0.05, 0) is 55.2 Å². The summed E-state index contributed by atoms with van der Waals surface area (Å²) in [6.45, 7) is 3.64. The molecule has 154 valence electrons. The standard InChI is InChI=1S/C21H30N2O4S/c1-17(15-23-28(3,24)25)22-16-19-9-11-20(12-10-19)27-13-5-7-18-6-4-8-21(14-18)26-2/h4,6,8-12,14,17,22-23H,5,7,13,15-16H2,1-3H3. The normalized spacial score (nSPS) is 12.5. The molecule has 28 heavy (non-hydrogen) atoms. The molecule has 2 N–H and O–H groups in total. The first-order valence-corrected chi connectivity index (χ1v) is 11.3. The first-order valence-electron chi connectivity index (χ1n) is 9.38. The Morgan fingerprint density at radius 3 is 2.46 bits per heavy atom. The summed E-state index contributed by atoms with van der Waals surface area (Å²) in [6, 6.07) is 16.1. The molecule has 7 heteroatoms. The van der Waals surface area contributed by atoms with Crippen LogP contribution in [-0.4, -0.2) is 41.0 Å². The highest BCUT2D eigenvalue weighted by Crippen LogP contribution is 2.15. The summed E-state index contributed by atoms with van der Waals surface area (Å²) in [7, 11) is -1.48. The first kappa shape index (κ1) is 22.2. The van der Waals surface area contributed by atoms with Crippen LogP contribution in [0.3, 0.4) is 0 Å². The van der Waals surface area contributed by atoms with E-state index in [4.69, 9.17) is 9.47 Å². The second-order valence-electron chi connectivity index (χ2n) is 6.85. The van der Waals surface area contributed by atoms with Crippen LogP contribution in [0.25, 0.3) is 0 Å². The first-order chi connectivity index (χ1) is 13.4. The molecule has 0 fully saturated rings. The molecule has 1 atom stereocenters. The fraction of sp³-hybridized carbons (Fsp3) is 0.429. The number of sulfonamides is 1. The highest BCUT2D eigenvalue weighted by Gasteiger charge is 2.06. The number of aryl methyl sites for hydroxylation is 1. The average Bonchev–Trinajstić information content (AvgIpc) is 2.68. The zero-order chi connectivity index (χ0) is 20.4. The number of benzene rings is 2. The monoisotopic (exact) mass is 406 g/mol. The van der Waals surface area contributed by atoms with Gasteiger partial charge in [0, 0.05) is 19.1 Å². The summed E-state index contributed by atoms with van der Waals surface area (Å²) in [5.41, 5.74) is 2.36. The Balaban J connectivity index is 1.67. The molecule has 0 aromatic heterocycles. The Morgan fingerprint density at radius 1 is 1.04 bits per heavy atom. The molecule has 1 unspecified atom stereocenters. The third-order valence-corrected chi connectivity index (χ3v) is 4.93. The molecule has 0 aliphatic carbocycles. The molecule has 0 aliphatic heterocycles. The van der Waals surface area contributed by atoms with Gasteiger partial charge in [0.05, 0.1) is 20.0 Å². The Labute approximate surface area is 168 Å². The lowest BCUT2D eigenvalue weighted by Crippen LogP contribution is -2.38. The molecule has 0 bridgehead atoms. The van der Waals surface area contributed by atoms with Crippen molar-refractivity contribution in [2.24, 2.45) is 0 Å². The predicted octanol–water partition coefficient (Wildman–Crippen LogP) is 2.73. The van der Waals surface area contributed by atoms with Crippen molar-refractivity contribution in [2.75, 3.05) is 26.5 Å². The van der Waals surface area contributed by atoms with Crippen molar-refractivity contribution in [1.29, 1.82) is 0 Å². The third-order valence-electron chi connectivity index (χ3n) is 4.24. The van der Waals surface area contributed by atoms with Crippen molar-refractivity contribution >= 4 is 10.0 Å². The minimum absolute atomic E-state index is 0.0438. The number of rotatable bonds is 12. The lowest BCUT2D eigenvalue weighted by Gasteiger charge is -2.14. The van der Waals surface area contributed by atoms with Gasteiger partial charge in [0.1, 0.15) is 11.5 Å². The molecule has 0 radical (unpaired) electrons. The van der Waals surface area contributed by atoms with Crippen LogP contribution in [0.5, 0.6) is 11.5 Å². The van der Waals surface area contributed by atoms with Gasteiger partial charge in [-0.2, -0.15) is 0 Å². The zero-order valence-electron chi connectivity index (χ0n) is 16.8. The van der Waals surface area contributed by atoms with Crippen molar-refractivity contribution in [3.8, 4) is 11.5 Å². The van der Waals surface area contributed by atoms with E-state index in [1.165, 1.54) is 5.56 Å². The molecular formula is C21H30N2O4S. The maximum atomic E-state index is 11.1. The van der Waals surface area contributed by atoms with Gasteiger partial charge in [0.15, 0.2) is 0 Å². The van der Waals surface area contributed by atoms with Gasteiger partial charge in [-0.3, -0.25) is 0 Å². The molecule has 2 aromatic carbocycles. The lowest BCUT2D eigenvalue weighted by molar-refractivity contribution is 0.311. The maximum absolute atomic E-state index is 11.1. The summed E-state index contributed by atoms with van der Waals surface area (Å²) >= 11 is 0. The second kappa shape index (κ2) is 11.0. The minimum Gasteiger partial charge on any atom is -0.497 e. The van der Waals surface area contributed by atoms with Crippen molar-refractivity contribution < 1.29 is 17.9 Å². The van der Waals surface area contributed by atoms with E-state index in [0.717, 1.165) is 36.2 Å². The van der Waals surface area contributed by atoms with Gasteiger partial charge in [0.25, 0.3) is 0 Å². The smallest absolute Gasteiger partial charge is 0.208 e. The fourth-order valence-electron chi connectivity index (χ4n) is 2.64. The summed E-state index contributed by atoms with van der Waals surface area (Å²) < 4.78 is 35.8. The summed E-state index contributed by atoms with van der Waals surface area (Å²) in [6.07, 6.45) is 3.04. The molecule has 0 heterocycles. The Morgan fingerprint density at radius 2 is 1.79 bits per heavy atom. The third kappa shape index (κ3) is 8.73. The predicted molar refractivity (Wildman–Crippen MR) is 112 cm³/mol. The van der Waals surface area contributed by atoms with Gasteiger partial charge < -0.3 is 14.8 Å². The SMILES string of the molecule is COc1cccc(CCCOc2ccc(CNC(C)CNS(C)(=O)=O)cc2)c1. The van der Waals surface area contributed by atoms with Crippen LogP contribution >= 0.6 is 0 Å². The summed E-state index contributed by atoms with van der Waals surface area (Å²) in [5.74, 6) is 1.73. The van der Waals surface area contributed by atoms with Crippen LogP contribution in [0.4, 0.5) is 0 Å². The van der Waals surface area contributed by atoms with Gasteiger partial charge in [-0.1, -0.05) is 24.3 Å². The Hall–Kier alpha value is -2.09. The molecular weight excluding hydrogens is 376 g/mol. The Bertz CT molecular complexity index is 823. The minimum atomic E-state index is -3.15. The van der Waals surface area contributed by atoms with E-state index in [1.807, 2.05) is 49.4 Å². The number of methoxy groups -OCH3 is 1. The molecule has 0 spiro atoms. The number of ether oxygens (including phenoxy) is 2. The van der Waals surface area contributed by atoms with E-state index in [-0.39, 0.29) is 6.04 Å². The van der Waals surface area contributed by atoms with Gasteiger partial charge in [0.2, 0.25) is 10.0 Å². The molecule has 6 nitrogen and oxygen atoms in total. The van der Waals surface area contributed by atoms with E-state index in [1.54, 1.807) is 7.11 Å². The highest BCUT2D eigenvalue weighted by atomic mass is 32.2. The lowest BCUT2D eigenvalue weighted by atomic mass is 10.1. The summed E-state index contributed by atoms with van der Waals surface area (Å²) in [5, 5.41) is 3.29. The summed E-state index contributed by atoms with van der Waals surface area (Å²) in [4.78, 5) is 0. The van der Waals surface area contributed by atoms with Gasteiger partial charge >= 0.3 is 0 Å². The van der Waals surface area contributed by atoms with E-state index in [2.05, 4.69) is 16.1 Å². The van der Waals surface area contributed by atoms with Gasteiger partial charge in [-0.15, -0.1) is 0 Å². The fourth-order valence-corrected chi connectivity index (χ4v) is 3.19. The number of nitrogens with one attached hydrogen (secondary N) is 2. The average molecular weight is 407 g/mol. The van der Waals surface area contributed by atoms with Crippen LogP contribution in [-0.2, 0) is 23.0 Å². The van der Waals surface area contributed by atoms with Crippen LogP contribution in [0.15, 0.2) is 48.5 Å². The molecule has 0 aliphatic rings. The highest BCUT2D eigenvalue weighted by molar-refractivity contribution is 7.88. The van der Waals surface area contributed by atoms with E-state index in [0.29, 0.717) is 19.7 Å². The maximum Gasteiger partial charge on any atom is 0.208 e. The molecule has 2 aromatic rings. The molecule has 2 rings (SSSR count). The van der Waals surface area contributed by atoms with Crippen molar-refractivity contribution in [3.63, 3.8) is 0 Å². The van der Waals surface area contributed by atoms with E-state index < -0.39 is 10.0 Å². The second-order valence-corrected chi connectivity index (χ2v) is 8.68. The molecule has 0 saturated heterocycles. The van der Waals surface area contributed by atoms with E-state index >= 15 is 0 Å². The van der Waals surface area contributed by atoms with E-state index in [9.17, 15) is 8.42 Å². The zero-order valence-corrected chi connectivity index (χ0v) is 17.6. The topological polar surface area (TPSA) is 76.7 Å². The largest absolute Gasteiger partial charge is 0.497 e. The Kier molecular flexibility index (Phi) is 8.76.